The summed E-state index contributed by atoms with van der Waals surface area (Å²) in [6, 6.07) is 0. The summed E-state index contributed by atoms with van der Waals surface area (Å²) in [6.45, 7) is 4.23. The first-order chi connectivity index (χ1) is 4.65. The van der Waals surface area contributed by atoms with Crippen LogP contribution in [0.4, 0.5) is 0 Å². The van der Waals surface area contributed by atoms with Crippen LogP contribution in [-0.4, -0.2) is 18.8 Å². The van der Waals surface area contributed by atoms with E-state index in [2.05, 4.69) is 13.8 Å². The number of ether oxygens (including phenoxy) is 1. The largest absolute Gasteiger partial charge is 0.380 e. The molecule has 0 aromatic heterocycles. The van der Waals surface area contributed by atoms with Crippen LogP contribution in [0.3, 0.4) is 0 Å². The second-order valence-electron chi connectivity index (χ2n) is 3.30. The SMILES string of the molecule is CCC1C[C@]1(N)C(C)OC. The Balaban J connectivity index is 2.42. The highest BCUT2D eigenvalue weighted by atomic mass is 16.5. The first-order valence-corrected chi connectivity index (χ1v) is 3.96. The van der Waals surface area contributed by atoms with Crippen LogP contribution >= 0.6 is 0 Å². The summed E-state index contributed by atoms with van der Waals surface area (Å²) in [6.07, 6.45) is 2.54. The van der Waals surface area contributed by atoms with E-state index in [1.54, 1.807) is 7.11 Å². The Labute approximate surface area is 62.7 Å². The van der Waals surface area contributed by atoms with Gasteiger partial charge in [-0.05, 0) is 19.3 Å². The molecule has 0 bridgehead atoms. The van der Waals surface area contributed by atoms with E-state index in [0.717, 1.165) is 6.42 Å². The summed E-state index contributed by atoms with van der Waals surface area (Å²) in [4.78, 5) is 0. The van der Waals surface area contributed by atoms with Crippen molar-refractivity contribution in [3.63, 3.8) is 0 Å². The molecule has 0 aromatic carbocycles. The molecule has 0 aromatic rings. The van der Waals surface area contributed by atoms with Gasteiger partial charge < -0.3 is 10.5 Å². The molecule has 10 heavy (non-hydrogen) atoms. The second-order valence-corrected chi connectivity index (χ2v) is 3.30. The summed E-state index contributed by atoms with van der Waals surface area (Å²) in [5.41, 5.74) is 6.03. The van der Waals surface area contributed by atoms with Crippen LogP contribution in [0.5, 0.6) is 0 Å². The Bertz CT molecular complexity index is 126. The molecule has 0 radical (unpaired) electrons. The second kappa shape index (κ2) is 2.51. The van der Waals surface area contributed by atoms with Gasteiger partial charge in [-0.1, -0.05) is 13.3 Å². The molecule has 0 aliphatic heterocycles. The quantitative estimate of drug-likeness (QED) is 0.643. The van der Waals surface area contributed by atoms with Crippen LogP contribution in [-0.2, 0) is 4.74 Å². The zero-order valence-electron chi connectivity index (χ0n) is 7.05. The van der Waals surface area contributed by atoms with Gasteiger partial charge >= 0.3 is 0 Å². The zero-order valence-corrected chi connectivity index (χ0v) is 7.05. The molecule has 1 aliphatic rings. The van der Waals surface area contributed by atoms with E-state index in [9.17, 15) is 0 Å². The van der Waals surface area contributed by atoms with Gasteiger partial charge in [0.05, 0.1) is 6.10 Å². The highest BCUT2D eigenvalue weighted by molar-refractivity contribution is 5.10. The van der Waals surface area contributed by atoms with Crippen molar-refractivity contribution < 1.29 is 4.74 Å². The maximum Gasteiger partial charge on any atom is 0.0725 e. The molecule has 1 saturated carbocycles. The summed E-state index contributed by atoms with van der Waals surface area (Å²) < 4.78 is 5.18. The summed E-state index contributed by atoms with van der Waals surface area (Å²) in [7, 11) is 1.73. The van der Waals surface area contributed by atoms with Crippen LogP contribution in [0, 0.1) is 5.92 Å². The molecule has 2 nitrogen and oxygen atoms in total. The third-order valence-corrected chi connectivity index (χ3v) is 2.80. The molecule has 60 valence electrons. The van der Waals surface area contributed by atoms with Crippen LogP contribution in [0.2, 0.25) is 0 Å². The van der Waals surface area contributed by atoms with Gasteiger partial charge in [0.25, 0.3) is 0 Å². The Morgan fingerprint density at radius 3 is 2.70 bits per heavy atom. The number of rotatable bonds is 3. The van der Waals surface area contributed by atoms with Crippen LogP contribution in [0.1, 0.15) is 26.7 Å². The van der Waals surface area contributed by atoms with Crippen molar-refractivity contribution in [3.05, 3.63) is 0 Å². The van der Waals surface area contributed by atoms with Gasteiger partial charge in [0.1, 0.15) is 0 Å². The fourth-order valence-corrected chi connectivity index (χ4v) is 1.61. The van der Waals surface area contributed by atoms with Gasteiger partial charge in [-0.3, -0.25) is 0 Å². The standard InChI is InChI=1S/C8H17NO/c1-4-7-5-8(7,9)6(2)10-3/h6-7H,4-5,9H2,1-3H3/t6?,7?,8-/m0/s1. The van der Waals surface area contributed by atoms with Gasteiger partial charge in [0.2, 0.25) is 0 Å². The van der Waals surface area contributed by atoms with Crippen molar-refractivity contribution in [1.29, 1.82) is 0 Å². The predicted molar refractivity (Wildman–Crippen MR) is 41.8 cm³/mol. The number of hydrogen-bond acceptors (Lipinski definition) is 2. The zero-order chi connectivity index (χ0) is 7.78. The van der Waals surface area contributed by atoms with Gasteiger partial charge in [0.15, 0.2) is 0 Å². The highest BCUT2D eigenvalue weighted by Gasteiger charge is 2.53. The molecule has 3 atom stereocenters. The number of nitrogens with two attached hydrogens (primary N) is 1. The van der Waals surface area contributed by atoms with E-state index >= 15 is 0 Å². The van der Waals surface area contributed by atoms with Gasteiger partial charge in [-0.15, -0.1) is 0 Å². The molecule has 0 saturated heterocycles. The molecule has 2 heteroatoms. The predicted octanol–water partition coefficient (Wildman–Crippen LogP) is 1.15. The lowest BCUT2D eigenvalue weighted by atomic mass is 10.1. The van der Waals surface area contributed by atoms with Crippen molar-refractivity contribution in [1.82, 2.24) is 0 Å². The third-order valence-electron chi connectivity index (χ3n) is 2.80. The van der Waals surface area contributed by atoms with E-state index in [1.807, 2.05) is 0 Å². The Kier molecular flexibility index (Phi) is 2.02. The topological polar surface area (TPSA) is 35.2 Å². The van der Waals surface area contributed by atoms with E-state index in [4.69, 9.17) is 10.5 Å². The van der Waals surface area contributed by atoms with E-state index in [-0.39, 0.29) is 11.6 Å². The van der Waals surface area contributed by atoms with Gasteiger partial charge in [-0.2, -0.15) is 0 Å². The molecule has 1 fully saturated rings. The maximum absolute atomic E-state index is 6.03. The summed E-state index contributed by atoms with van der Waals surface area (Å²) in [5.74, 6) is 0.697. The minimum Gasteiger partial charge on any atom is -0.380 e. The Morgan fingerprint density at radius 2 is 2.40 bits per heavy atom. The molecule has 1 aliphatic carbocycles. The molecule has 0 spiro atoms. The molecular weight excluding hydrogens is 126 g/mol. The highest BCUT2D eigenvalue weighted by Crippen LogP contribution is 2.46. The molecule has 0 heterocycles. The molecular formula is C8H17NO. The summed E-state index contributed by atoms with van der Waals surface area (Å²) >= 11 is 0. The molecule has 2 unspecified atom stereocenters. The van der Waals surface area contributed by atoms with Crippen molar-refractivity contribution >= 4 is 0 Å². The summed E-state index contributed by atoms with van der Waals surface area (Å²) in [5, 5.41) is 0. The average molecular weight is 143 g/mol. The van der Waals surface area contributed by atoms with Crippen LogP contribution < -0.4 is 5.73 Å². The van der Waals surface area contributed by atoms with Crippen LogP contribution in [0.15, 0.2) is 0 Å². The minimum atomic E-state index is 0.00347. The Morgan fingerprint density at radius 1 is 1.80 bits per heavy atom. The van der Waals surface area contributed by atoms with E-state index in [1.165, 1.54) is 6.42 Å². The van der Waals surface area contributed by atoms with Crippen molar-refractivity contribution in [2.24, 2.45) is 11.7 Å². The lowest BCUT2D eigenvalue weighted by molar-refractivity contribution is 0.0817. The Hall–Kier alpha value is -0.0800. The first kappa shape index (κ1) is 8.02. The third kappa shape index (κ3) is 1.06. The maximum atomic E-state index is 6.03. The lowest BCUT2D eigenvalue weighted by Crippen LogP contribution is -2.38. The minimum absolute atomic E-state index is 0.00347. The molecule has 2 N–H and O–H groups in total. The number of hydrogen-bond donors (Lipinski definition) is 1. The smallest absolute Gasteiger partial charge is 0.0725 e. The molecule has 1 rings (SSSR count). The van der Waals surface area contributed by atoms with Crippen molar-refractivity contribution in [2.75, 3.05) is 7.11 Å². The van der Waals surface area contributed by atoms with Gasteiger partial charge in [0, 0.05) is 12.6 Å². The fourth-order valence-electron chi connectivity index (χ4n) is 1.61. The van der Waals surface area contributed by atoms with Crippen molar-refractivity contribution in [2.45, 2.75) is 38.3 Å². The van der Waals surface area contributed by atoms with Crippen molar-refractivity contribution in [3.8, 4) is 0 Å². The lowest BCUT2D eigenvalue weighted by Gasteiger charge is -2.18. The van der Waals surface area contributed by atoms with E-state index < -0.39 is 0 Å². The fraction of sp³-hybridized carbons (Fsp3) is 1.00. The monoisotopic (exact) mass is 143 g/mol. The number of methoxy groups -OCH3 is 1. The average Bonchev–Trinajstić information content (AvgIpc) is 2.61. The van der Waals surface area contributed by atoms with E-state index in [0.29, 0.717) is 5.92 Å². The first-order valence-electron chi connectivity index (χ1n) is 3.96. The van der Waals surface area contributed by atoms with Crippen LogP contribution in [0.25, 0.3) is 0 Å². The van der Waals surface area contributed by atoms with Gasteiger partial charge in [-0.25, -0.2) is 0 Å². The molecule has 0 amide bonds. The normalized spacial score (nSPS) is 41.4.